The van der Waals surface area contributed by atoms with Crippen LogP contribution in [0, 0.1) is 6.92 Å². The fourth-order valence-corrected chi connectivity index (χ4v) is 2.10. The summed E-state index contributed by atoms with van der Waals surface area (Å²) in [7, 11) is 4.32. The molecule has 0 aromatic heterocycles. The van der Waals surface area contributed by atoms with Gasteiger partial charge < -0.3 is 10.2 Å². The normalized spacial score (nSPS) is 17.8. The van der Waals surface area contributed by atoms with Crippen LogP contribution in [-0.2, 0) is 0 Å². The quantitative estimate of drug-likeness (QED) is 0.816. The van der Waals surface area contributed by atoms with Crippen LogP contribution >= 0.6 is 0 Å². The third-order valence-corrected chi connectivity index (χ3v) is 3.35. The summed E-state index contributed by atoms with van der Waals surface area (Å²) in [6.07, 6.45) is 2.71. The number of nitrogens with one attached hydrogen (secondary N) is 1. The first-order valence-electron chi connectivity index (χ1n) is 6.14. The smallest absolute Gasteiger partial charge is 0.0469 e. The van der Waals surface area contributed by atoms with E-state index >= 15 is 0 Å². The lowest BCUT2D eigenvalue weighted by molar-refractivity contribution is 0.287. The fourth-order valence-electron chi connectivity index (χ4n) is 2.10. The highest BCUT2D eigenvalue weighted by Crippen LogP contribution is 2.24. The summed E-state index contributed by atoms with van der Waals surface area (Å²) in [6, 6.07) is 9.96. The lowest BCUT2D eigenvalue weighted by atomic mass is 10.0. The molecule has 1 atom stereocenters. The third kappa shape index (κ3) is 2.83. The SMILES string of the molecule is Cc1ccccc1C(CNC1CC1)N(C)C. The zero-order chi connectivity index (χ0) is 11.5. The minimum absolute atomic E-state index is 0.488. The van der Waals surface area contributed by atoms with E-state index in [0.29, 0.717) is 6.04 Å². The summed E-state index contributed by atoms with van der Waals surface area (Å²) in [5.74, 6) is 0. The summed E-state index contributed by atoms with van der Waals surface area (Å²) in [4.78, 5) is 2.30. The molecular weight excluding hydrogens is 196 g/mol. The second-order valence-corrected chi connectivity index (χ2v) is 5.02. The molecule has 1 N–H and O–H groups in total. The van der Waals surface area contributed by atoms with Crippen LogP contribution in [0.2, 0.25) is 0 Å². The molecule has 2 heteroatoms. The maximum atomic E-state index is 3.62. The molecule has 88 valence electrons. The van der Waals surface area contributed by atoms with Gasteiger partial charge in [0, 0.05) is 18.6 Å². The van der Waals surface area contributed by atoms with Crippen LogP contribution in [-0.4, -0.2) is 31.6 Å². The topological polar surface area (TPSA) is 15.3 Å². The number of nitrogens with zero attached hydrogens (tertiary/aromatic N) is 1. The Morgan fingerprint density at radius 2 is 2.00 bits per heavy atom. The Morgan fingerprint density at radius 3 is 2.56 bits per heavy atom. The Balaban J connectivity index is 2.08. The second-order valence-electron chi connectivity index (χ2n) is 5.02. The van der Waals surface area contributed by atoms with Crippen LogP contribution in [0.4, 0.5) is 0 Å². The molecule has 2 nitrogen and oxygen atoms in total. The Bertz CT molecular complexity index is 342. The molecule has 2 rings (SSSR count). The molecule has 16 heavy (non-hydrogen) atoms. The molecule has 1 saturated carbocycles. The first-order valence-corrected chi connectivity index (χ1v) is 6.14. The van der Waals surface area contributed by atoms with Gasteiger partial charge in [0.2, 0.25) is 0 Å². The molecule has 0 saturated heterocycles. The van der Waals surface area contributed by atoms with Crippen molar-refractivity contribution in [1.29, 1.82) is 0 Å². The molecular formula is C14H22N2. The summed E-state index contributed by atoms with van der Waals surface area (Å²) >= 11 is 0. The predicted octanol–water partition coefficient (Wildman–Crippen LogP) is 2.35. The van der Waals surface area contributed by atoms with E-state index < -0.39 is 0 Å². The van der Waals surface area contributed by atoms with Crippen molar-refractivity contribution in [2.24, 2.45) is 0 Å². The van der Waals surface area contributed by atoms with Gasteiger partial charge in [-0.25, -0.2) is 0 Å². The summed E-state index contributed by atoms with van der Waals surface area (Å²) in [5.41, 5.74) is 2.83. The van der Waals surface area contributed by atoms with E-state index in [1.54, 1.807) is 0 Å². The molecule has 1 fully saturated rings. The van der Waals surface area contributed by atoms with Gasteiger partial charge in [-0.2, -0.15) is 0 Å². The van der Waals surface area contributed by atoms with Crippen LogP contribution in [0.15, 0.2) is 24.3 Å². The van der Waals surface area contributed by atoms with Crippen LogP contribution in [0.3, 0.4) is 0 Å². The average Bonchev–Trinajstić information content (AvgIpc) is 3.04. The van der Waals surface area contributed by atoms with Crippen molar-refractivity contribution in [3.8, 4) is 0 Å². The minimum atomic E-state index is 0.488. The van der Waals surface area contributed by atoms with E-state index in [2.05, 4.69) is 55.5 Å². The van der Waals surface area contributed by atoms with Gasteiger partial charge in [-0.05, 0) is 45.0 Å². The second kappa shape index (κ2) is 4.98. The van der Waals surface area contributed by atoms with Crippen molar-refractivity contribution in [2.75, 3.05) is 20.6 Å². The van der Waals surface area contributed by atoms with Gasteiger partial charge >= 0.3 is 0 Å². The molecule has 1 aliphatic rings. The highest BCUT2D eigenvalue weighted by molar-refractivity contribution is 5.29. The Hall–Kier alpha value is -0.860. The van der Waals surface area contributed by atoms with Gasteiger partial charge in [0.15, 0.2) is 0 Å². The number of hydrogen-bond donors (Lipinski definition) is 1. The standard InChI is InChI=1S/C14H22N2/c1-11-6-4-5-7-13(11)14(16(2)3)10-15-12-8-9-12/h4-7,12,14-15H,8-10H2,1-3H3. The summed E-state index contributed by atoms with van der Waals surface area (Å²) in [5, 5.41) is 3.62. The molecule has 0 spiro atoms. The third-order valence-electron chi connectivity index (χ3n) is 3.35. The van der Waals surface area contributed by atoms with Gasteiger partial charge in [-0.3, -0.25) is 0 Å². The van der Waals surface area contributed by atoms with Gasteiger partial charge in [0.05, 0.1) is 0 Å². The van der Waals surface area contributed by atoms with Crippen LogP contribution in [0.1, 0.15) is 30.0 Å². The number of rotatable bonds is 5. The molecule has 0 radical (unpaired) electrons. The van der Waals surface area contributed by atoms with Gasteiger partial charge in [0.1, 0.15) is 0 Å². The van der Waals surface area contributed by atoms with Crippen LogP contribution < -0.4 is 5.32 Å². The van der Waals surface area contributed by atoms with E-state index in [1.807, 2.05) is 0 Å². The lowest BCUT2D eigenvalue weighted by Gasteiger charge is -2.26. The molecule has 1 unspecified atom stereocenters. The van der Waals surface area contributed by atoms with Crippen LogP contribution in [0.5, 0.6) is 0 Å². The van der Waals surface area contributed by atoms with Gasteiger partial charge in [-0.15, -0.1) is 0 Å². The summed E-state index contributed by atoms with van der Waals surface area (Å²) < 4.78 is 0. The van der Waals surface area contributed by atoms with Crippen molar-refractivity contribution >= 4 is 0 Å². The molecule has 0 bridgehead atoms. The maximum absolute atomic E-state index is 3.62. The van der Waals surface area contributed by atoms with Crippen molar-refractivity contribution < 1.29 is 0 Å². The highest BCUT2D eigenvalue weighted by Gasteiger charge is 2.23. The number of aryl methyl sites for hydroxylation is 1. The molecule has 1 aliphatic carbocycles. The zero-order valence-electron chi connectivity index (χ0n) is 10.5. The first kappa shape index (κ1) is 11.6. The van der Waals surface area contributed by atoms with Crippen molar-refractivity contribution in [3.63, 3.8) is 0 Å². The number of hydrogen-bond acceptors (Lipinski definition) is 2. The largest absolute Gasteiger partial charge is 0.312 e. The summed E-state index contributed by atoms with van der Waals surface area (Å²) in [6.45, 7) is 3.26. The average molecular weight is 218 g/mol. The molecule has 1 aromatic rings. The number of likely N-dealkylation sites (N-methyl/N-ethyl adjacent to an activating group) is 1. The van der Waals surface area contributed by atoms with Gasteiger partial charge in [0.25, 0.3) is 0 Å². The van der Waals surface area contributed by atoms with Crippen molar-refractivity contribution in [2.45, 2.75) is 31.8 Å². The van der Waals surface area contributed by atoms with E-state index in [-0.39, 0.29) is 0 Å². The van der Waals surface area contributed by atoms with Crippen molar-refractivity contribution in [1.82, 2.24) is 10.2 Å². The number of benzene rings is 1. The highest BCUT2D eigenvalue weighted by atomic mass is 15.1. The molecule has 0 amide bonds. The van der Waals surface area contributed by atoms with Gasteiger partial charge in [-0.1, -0.05) is 24.3 Å². The van der Waals surface area contributed by atoms with E-state index in [1.165, 1.54) is 24.0 Å². The minimum Gasteiger partial charge on any atom is -0.312 e. The van der Waals surface area contributed by atoms with Crippen LogP contribution in [0.25, 0.3) is 0 Å². The molecule has 1 aromatic carbocycles. The molecule has 0 aliphatic heterocycles. The fraction of sp³-hybridized carbons (Fsp3) is 0.571. The lowest BCUT2D eigenvalue weighted by Crippen LogP contribution is -2.32. The first-order chi connectivity index (χ1) is 7.68. The zero-order valence-corrected chi connectivity index (χ0v) is 10.5. The Morgan fingerprint density at radius 1 is 1.31 bits per heavy atom. The Kier molecular flexibility index (Phi) is 3.62. The van der Waals surface area contributed by atoms with E-state index in [4.69, 9.17) is 0 Å². The predicted molar refractivity (Wildman–Crippen MR) is 68.6 cm³/mol. The van der Waals surface area contributed by atoms with E-state index in [9.17, 15) is 0 Å². The monoisotopic (exact) mass is 218 g/mol. The van der Waals surface area contributed by atoms with E-state index in [0.717, 1.165) is 12.6 Å². The maximum Gasteiger partial charge on any atom is 0.0469 e. The van der Waals surface area contributed by atoms with Crippen molar-refractivity contribution in [3.05, 3.63) is 35.4 Å². The molecule has 0 heterocycles. The Labute approximate surface area is 98.7 Å².